The van der Waals surface area contributed by atoms with Crippen LogP contribution >= 0.6 is 22.9 Å². The zero-order valence-electron chi connectivity index (χ0n) is 12.3. The molecule has 1 aromatic rings. The van der Waals surface area contributed by atoms with Gasteiger partial charge in [0, 0.05) is 18.5 Å². The summed E-state index contributed by atoms with van der Waals surface area (Å²) in [5, 5.41) is 4.13. The Morgan fingerprint density at radius 2 is 1.95 bits per heavy atom. The average Bonchev–Trinajstić information content (AvgIpc) is 2.97. The van der Waals surface area contributed by atoms with E-state index in [-0.39, 0.29) is 5.91 Å². The number of rotatable bonds is 4. The first-order valence-corrected chi connectivity index (χ1v) is 9.22. The zero-order valence-corrected chi connectivity index (χ0v) is 13.9. The van der Waals surface area contributed by atoms with E-state index >= 15 is 0 Å². The SMILES string of the molecule is O=C([C@H]1CC(c2ccc(Cl)s2)=NO1)N(C1CCCC1)C1CC1. The second-order valence-corrected chi connectivity index (χ2v) is 8.07. The maximum absolute atomic E-state index is 12.9. The lowest BCUT2D eigenvalue weighted by Crippen LogP contribution is -2.46. The van der Waals surface area contributed by atoms with Crippen LogP contribution < -0.4 is 0 Å². The van der Waals surface area contributed by atoms with E-state index in [4.69, 9.17) is 16.4 Å². The predicted molar refractivity (Wildman–Crippen MR) is 87.5 cm³/mol. The van der Waals surface area contributed by atoms with Gasteiger partial charge in [-0.25, -0.2) is 0 Å². The average molecular weight is 339 g/mol. The normalized spacial score (nSPS) is 25.1. The molecule has 0 N–H and O–H groups in total. The molecule has 1 atom stereocenters. The highest BCUT2D eigenvalue weighted by molar-refractivity contribution is 7.18. The van der Waals surface area contributed by atoms with Gasteiger partial charge in [0.25, 0.3) is 5.91 Å². The Bertz CT molecular complexity index is 605. The van der Waals surface area contributed by atoms with Gasteiger partial charge in [-0.3, -0.25) is 4.79 Å². The molecule has 2 aliphatic carbocycles. The molecule has 0 aromatic carbocycles. The topological polar surface area (TPSA) is 41.9 Å². The molecule has 22 heavy (non-hydrogen) atoms. The van der Waals surface area contributed by atoms with Crippen molar-refractivity contribution >= 4 is 34.6 Å². The highest BCUT2D eigenvalue weighted by atomic mass is 35.5. The Hall–Kier alpha value is -1.07. The van der Waals surface area contributed by atoms with Gasteiger partial charge < -0.3 is 9.74 Å². The van der Waals surface area contributed by atoms with Crippen molar-refractivity contribution in [1.29, 1.82) is 0 Å². The number of hydrogen-bond donors (Lipinski definition) is 0. The van der Waals surface area contributed by atoms with E-state index in [0.29, 0.717) is 18.5 Å². The Morgan fingerprint density at radius 1 is 1.23 bits per heavy atom. The van der Waals surface area contributed by atoms with Crippen LogP contribution in [0.5, 0.6) is 0 Å². The number of carbonyl (C=O) groups is 1. The predicted octanol–water partition coefficient (Wildman–Crippen LogP) is 3.83. The van der Waals surface area contributed by atoms with Crippen LogP contribution in [0.15, 0.2) is 17.3 Å². The van der Waals surface area contributed by atoms with Gasteiger partial charge >= 0.3 is 0 Å². The minimum atomic E-state index is -0.447. The molecule has 0 spiro atoms. The molecule has 2 heterocycles. The second-order valence-electron chi connectivity index (χ2n) is 6.35. The maximum atomic E-state index is 12.9. The molecule has 0 bridgehead atoms. The second kappa shape index (κ2) is 5.85. The van der Waals surface area contributed by atoms with Crippen LogP contribution in [0.2, 0.25) is 4.34 Å². The summed E-state index contributed by atoms with van der Waals surface area (Å²) >= 11 is 7.45. The minimum Gasteiger partial charge on any atom is -0.382 e. The monoisotopic (exact) mass is 338 g/mol. The maximum Gasteiger partial charge on any atom is 0.267 e. The van der Waals surface area contributed by atoms with E-state index < -0.39 is 6.10 Å². The first kappa shape index (κ1) is 14.5. The molecule has 1 aromatic heterocycles. The van der Waals surface area contributed by atoms with Crippen LogP contribution in [-0.2, 0) is 9.63 Å². The van der Waals surface area contributed by atoms with Crippen LogP contribution in [0.25, 0.3) is 0 Å². The fourth-order valence-electron chi connectivity index (χ4n) is 3.48. The van der Waals surface area contributed by atoms with Crippen molar-refractivity contribution in [1.82, 2.24) is 4.90 Å². The van der Waals surface area contributed by atoms with Gasteiger partial charge in [-0.1, -0.05) is 29.6 Å². The lowest BCUT2D eigenvalue weighted by molar-refractivity contribution is -0.145. The van der Waals surface area contributed by atoms with Gasteiger partial charge in [-0.15, -0.1) is 11.3 Å². The van der Waals surface area contributed by atoms with Crippen molar-refractivity contribution in [3.05, 3.63) is 21.3 Å². The van der Waals surface area contributed by atoms with Crippen molar-refractivity contribution in [2.75, 3.05) is 0 Å². The summed E-state index contributed by atoms with van der Waals surface area (Å²) in [5.74, 6) is 0.135. The molecule has 1 amide bonds. The van der Waals surface area contributed by atoms with Gasteiger partial charge in [-0.2, -0.15) is 0 Å². The first-order valence-electron chi connectivity index (χ1n) is 8.03. The van der Waals surface area contributed by atoms with Crippen LogP contribution in [0.4, 0.5) is 0 Å². The molecule has 6 heteroatoms. The minimum absolute atomic E-state index is 0.135. The number of oxime groups is 1. The van der Waals surface area contributed by atoms with E-state index in [0.717, 1.165) is 40.6 Å². The molecule has 0 unspecified atom stereocenters. The third kappa shape index (κ3) is 2.76. The summed E-state index contributed by atoms with van der Waals surface area (Å²) in [5.41, 5.74) is 0.845. The smallest absolute Gasteiger partial charge is 0.267 e. The molecule has 0 saturated heterocycles. The third-order valence-corrected chi connectivity index (χ3v) is 5.99. The van der Waals surface area contributed by atoms with E-state index in [1.807, 2.05) is 12.1 Å². The van der Waals surface area contributed by atoms with E-state index in [9.17, 15) is 4.79 Å². The van der Waals surface area contributed by atoms with Gasteiger partial charge in [0.2, 0.25) is 6.10 Å². The molecule has 0 radical (unpaired) electrons. The summed E-state index contributed by atoms with van der Waals surface area (Å²) in [4.78, 5) is 21.5. The number of hydrogen-bond acceptors (Lipinski definition) is 4. The van der Waals surface area contributed by atoms with Crippen molar-refractivity contribution in [2.45, 2.75) is 63.1 Å². The van der Waals surface area contributed by atoms with Crippen molar-refractivity contribution in [3.63, 3.8) is 0 Å². The van der Waals surface area contributed by atoms with Crippen molar-refractivity contribution < 1.29 is 9.63 Å². The number of halogens is 1. The van der Waals surface area contributed by atoms with Gasteiger partial charge in [0.05, 0.1) is 9.21 Å². The first-order chi connectivity index (χ1) is 10.7. The lowest BCUT2D eigenvalue weighted by Gasteiger charge is -2.30. The van der Waals surface area contributed by atoms with Gasteiger partial charge in [-0.05, 0) is 37.8 Å². The number of carbonyl (C=O) groups excluding carboxylic acids is 1. The summed E-state index contributed by atoms with van der Waals surface area (Å²) in [7, 11) is 0. The van der Waals surface area contributed by atoms with E-state index in [1.54, 1.807) is 0 Å². The Morgan fingerprint density at radius 3 is 2.59 bits per heavy atom. The highest BCUT2D eigenvalue weighted by Gasteiger charge is 2.43. The van der Waals surface area contributed by atoms with Gasteiger partial charge in [0.1, 0.15) is 5.71 Å². The standard InChI is InChI=1S/C16H19ClN2O2S/c17-15-8-7-14(22-15)12-9-13(21-18-12)16(20)19(11-5-6-11)10-3-1-2-4-10/h7-8,10-11,13H,1-6,9H2/t13-/m1/s1. The van der Waals surface area contributed by atoms with Crippen LogP contribution in [0.1, 0.15) is 49.8 Å². The number of thiophene rings is 1. The van der Waals surface area contributed by atoms with Crippen LogP contribution in [-0.4, -0.2) is 34.7 Å². The molecular formula is C16H19ClN2O2S. The summed E-state index contributed by atoms with van der Waals surface area (Å²) in [6.07, 6.45) is 7.16. The molecule has 3 aliphatic rings. The van der Waals surface area contributed by atoms with Crippen LogP contribution in [0, 0.1) is 0 Å². The fourth-order valence-corrected chi connectivity index (χ4v) is 4.52. The van der Waals surface area contributed by atoms with Crippen molar-refractivity contribution in [2.24, 2.45) is 5.16 Å². The summed E-state index contributed by atoms with van der Waals surface area (Å²) in [6.45, 7) is 0. The van der Waals surface area contributed by atoms with E-state index in [2.05, 4.69) is 10.1 Å². The van der Waals surface area contributed by atoms with Crippen molar-refractivity contribution in [3.8, 4) is 0 Å². The third-order valence-electron chi connectivity index (χ3n) is 4.71. The fraction of sp³-hybridized carbons (Fsp3) is 0.625. The number of amides is 1. The molecule has 1 aliphatic heterocycles. The highest BCUT2D eigenvalue weighted by Crippen LogP contribution is 2.36. The Kier molecular flexibility index (Phi) is 3.86. The number of nitrogens with zero attached hydrogens (tertiary/aromatic N) is 2. The molecule has 2 saturated carbocycles. The molecule has 4 nitrogen and oxygen atoms in total. The lowest BCUT2D eigenvalue weighted by atomic mass is 10.1. The molecular weight excluding hydrogens is 320 g/mol. The summed E-state index contributed by atoms with van der Waals surface area (Å²) in [6, 6.07) is 4.66. The van der Waals surface area contributed by atoms with Gasteiger partial charge in [0.15, 0.2) is 0 Å². The molecule has 2 fully saturated rings. The molecule has 4 rings (SSSR count). The van der Waals surface area contributed by atoms with Crippen LogP contribution in [0.3, 0.4) is 0 Å². The zero-order chi connectivity index (χ0) is 15.1. The summed E-state index contributed by atoms with van der Waals surface area (Å²) < 4.78 is 0.734. The molecule has 118 valence electrons. The van der Waals surface area contributed by atoms with E-state index in [1.165, 1.54) is 24.2 Å². The Labute approximate surface area is 139 Å². The largest absolute Gasteiger partial charge is 0.382 e. The Balaban J connectivity index is 1.45. The quantitative estimate of drug-likeness (QED) is 0.837.